The van der Waals surface area contributed by atoms with Crippen LogP contribution in [0.5, 0.6) is 5.75 Å². The van der Waals surface area contributed by atoms with Gasteiger partial charge in [0.15, 0.2) is 0 Å². The number of benzene rings is 1. The van der Waals surface area contributed by atoms with E-state index in [1.807, 2.05) is 13.8 Å². The highest BCUT2D eigenvalue weighted by Gasteiger charge is 2.17. The molecule has 7 heteroatoms. The van der Waals surface area contributed by atoms with Crippen LogP contribution in [0.25, 0.3) is 0 Å². The molecule has 1 aromatic rings. The number of rotatable bonds is 6. The Kier molecular flexibility index (Phi) is 5.52. The summed E-state index contributed by atoms with van der Waals surface area (Å²) in [5.41, 5.74) is 0.391. The van der Waals surface area contributed by atoms with Gasteiger partial charge >= 0.3 is 0 Å². The van der Waals surface area contributed by atoms with Crippen molar-refractivity contribution in [2.45, 2.75) is 32.9 Å². The summed E-state index contributed by atoms with van der Waals surface area (Å²) in [4.78, 5) is 23.8. The molecule has 0 heterocycles. The Morgan fingerprint density at radius 1 is 1.29 bits per heavy atom. The highest BCUT2D eigenvalue weighted by Crippen LogP contribution is 2.27. The van der Waals surface area contributed by atoms with Crippen LogP contribution in [0.1, 0.15) is 20.8 Å². The molecule has 0 radical (unpaired) electrons. The Labute approximate surface area is 124 Å². The topological polar surface area (TPSA) is 84.7 Å². The van der Waals surface area contributed by atoms with E-state index in [1.54, 1.807) is 27.1 Å². The van der Waals surface area contributed by atoms with E-state index in [0.29, 0.717) is 11.4 Å². The summed E-state index contributed by atoms with van der Waals surface area (Å²) in [6.45, 7) is 5.37. The normalized spacial score (nSPS) is 11.9. The largest absolute Gasteiger partial charge is 0.491 e. The molecule has 7 nitrogen and oxygen atoms in total. The average molecular weight is 295 g/mol. The first-order valence-electron chi connectivity index (χ1n) is 6.64. The molecule has 116 valence electrons. The van der Waals surface area contributed by atoms with E-state index in [1.165, 1.54) is 17.0 Å². The first-order valence-corrected chi connectivity index (χ1v) is 6.64. The number of nitrogens with one attached hydrogen (secondary N) is 1. The van der Waals surface area contributed by atoms with Crippen molar-refractivity contribution in [3.05, 3.63) is 28.3 Å². The van der Waals surface area contributed by atoms with Gasteiger partial charge in [0.25, 0.3) is 5.69 Å². The first kappa shape index (κ1) is 16.7. The van der Waals surface area contributed by atoms with Crippen LogP contribution in [0.15, 0.2) is 18.2 Å². The van der Waals surface area contributed by atoms with Gasteiger partial charge in [0.05, 0.1) is 17.1 Å². The monoisotopic (exact) mass is 295 g/mol. The highest BCUT2D eigenvalue weighted by molar-refractivity contribution is 5.84. The molecule has 21 heavy (non-hydrogen) atoms. The minimum Gasteiger partial charge on any atom is -0.491 e. The zero-order valence-electron chi connectivity index (χ0n) is 12.9. The van der Waals surface area contributed by atoms with Crippen molar-refractivity contribution in [3.8, 4) is 5.75 Å². The predicted octanol–water partition coefficient (Wildman–Crippen LogP) is 2.27. The Balaban J connectivity index is 3.02. The molecule has 1 atom stereocenters. The lowest BCUT2D eigenvalue weighted by atomic mass is 10.2. The van der Waals surface area contributed by atoms with Crippen molar-refractivity contribution in [3.63, 3.8) is 0 Å². The molecule has 1 rings (SSSR count). The number of hydrogen-bond acceptors (Lipinski definition) is 5. The van der Waals surface area contributed by atoms with Crippen molar-refractivity contribution < 1.29 is 14.5 Å². The van der Waals surface area contributed by atoms with Crippen LogP contribution in [0, 0.1) is 10.1 Å². The standard InChI is InChI=1S/C14H21N3O4/c1-9(2)21-13-7-11(6-12(8-13)17(19)20)15-10(3)14(18)16(4)5/h6-10,15H,1-5H3. The van der Waals surface area contributed by atoms with Crippen LogP contribution in [0.2, 0.25) is 0 Å². The third-order valence-corrected chi connectivity index (χ3v) is 2.67. The number of ether oxygens (including phenoxy) is 1. The van der Waals surface area contributed by atoms with Gasteiger partial charge in [0, 0.05) is 31.9 Å². The first-order chi connectivity index (χ1) is 9.70. The summed E-state index contributed by atoms with van der Waals surface area (Å²) in [5.74, 6) is 0.277. The number of nitro groups is 1. The molecule has 0 spiro atoms. The van der Waals surface area contributed by atoms with Gasteiger partial charge in [-0.05, 0) is 20.8 Å². The fraction of sp³-hybridized carbons (Fsp3) is 0.500. The lowest BCUT2D eigenvalue weighted by Crippen LogP contribution is -2.36. The van der Waals surface area contributed by atoms with Crippen LogP contribution >= 0.6 is 0 Å². The molecular weight excluding hydrogens is 274 g/mol. The maximum absolute atomic E-state index is 11.8. The van der Waals surface area contributed by atoms with E-state index >= 15 is 0 Å². The number of anilines is 1. The van der Waals surface area contributed by atoms with Gasteiger partial charge in [-0.15, -0.1) is 0 Å². The number of nitrogens with zero attached hydrogens (tertiary/aromatic N) is 2. The second-order valence-corrected chi connectivity index (χ2v) is 5.24. The predicted molar refractivity (Wildman–Crippen MR) is 80.6 cm³/mol. The van der Waals surface area contributed by atoms with Crippen molar-refractivity contribution >= 4 is 17.3 Å². The van der Waals surface area contributed by atoms with E-state index in [0.717, 1.165) is 0 Å². The SMILES string of the molecule is CC(C)Oc1cc(NC(C)C(=O)N(C)C)cc([N+](=O)[O-])c1. The maximum Gasteiger partial charge on any atom is 0.275 e. The summed E-state index contributed by atoms with van der Waals surface area (Å²) >= 11 is 0. The smallest absolute Gasteiger partial charge is 0.275 e. The van der Waals surface area contributed by atoms with Crippen LogP contribution < -0.4 is 10.1 Å². The van der Waals surface area contributed by atoms with Crippen LogP contribution in [0.3, 0.4) is 0 Å². The highest BCUT2D eigenvalue weighted by atomic mass is 16.6. The summed E-state index contributed by atoms with van der Waals surface area (Å²) in [6.07, 6.45) is -0.0966. The Morgan fingerprint density at radius 2 is 1.90 bits per heavy atom. The van der Waals surface area contributed by atoms with Crippen LogP contribution in [-0.2, 0) is 4.79 Å². The summed E-state index contributed by atoms with van der Waals surface area (Å²) in [7, 11) is 3.31. The van der Waals surface area contributed by atoms with Crippen LogP contribution in [-0.4, -0.2) is 42.0 Å². The fourth-order valence-corrected chi connectivity index (χ4v) is 1.81. The molecule has 0 aromatic heterocycles. The number of hydrogen-bond donors (Lipinski definition) is 1. The minimum absolute atomic E-state index is 0.0832. The third-order valence-electron chi connectivity index (χ3n) is 2.67. The zero-order chi connectivity index (χ0) is 16.2. The quantitative estimate of drug-likeness (QED) is 0.643. The van der Waals surface area contributed by atoms with Crippen molar-refractivity contribution in [2.24, 2.45) is 0 Å². The molecule has 0 saturated carbocycles. The van der Waals surface area contributed by atoms with E-state index in [2.05, 4.69) is 5.32 Å². The summed E-state index contributed by atoms with van der Waals surface area (Å²) in [5, 5.41) is 13.9. The van der Waals surface area contributed by atoms with E-state index in [9.17, 15) is 14.9 Å². The lowest BCUT2D eigenvalue weighted by Gasteiger charge is -2.19. The molecule has 0 aliphatic heterocycles. The molecule has 1 N–H and O–H groups in total. The van der Waals surface area contributed by atoms with Gasteiger partial charge < -0.3 is 15.0 Å². The zero-order valence-corrected chi connectivity index (χ0v) is 12.9. The molecule has 0 bridgehead atoms. The molecule has 1 amide bonds. The summed E-state index contributed by atoms with van der Waals surface area (Å²) < 4.78 is 5.50. The van der Waals surface area contributed by atoms with Crippen molar-refractivity contribution in [1.82, 2.24) is 4.90 Å². The molecule has 1 unspecified atom stereocenters. The van der Waals surface area contributed by atoms with Gasteiger partial charge in [0.1, 0.15) is 11.8 Å². The van der Waals surface area contributed by atoms with E-state index < -0.39 is 11.0 Å². The number of amides is 1. The van der Waals surface area contributed by atoms with Crippen LogP contribution in [0.4, 0.5) is 11.4 Å². The lowest BCUT2D eigenvalue weighted by molar-refractivity contribution is -0.384. The Bertz CT molecular complexity index is 529. The van der Waals surface area contributed by atoms with Gasteiger partial charge in [-0.25, -0.2) is 0 Å². The number of carbonyl (C=O) groups excluding carboxylic acids is 1. The molecule has 0 fully saturated rings. The van der Waals surface area contributed by atoms with Gasteiger partial charge in [-0.2, -0.15) is 0 Å². The number of non-ortho nitro benzene ring substituents is 1. The number of carbonyl (C=O) groups is 1. The minimum atomic E-state index is -0.492. The molecule has 0 aliphatic carbocycles. The summed E-state index contributed by atoms with van der Waals surface area (Å²) in [6, 6.07) is 3.90. The molecule has 0 saturated heterocycles. The van der Waals surface area contributed by atoms with Gasteiger partial charge in [-0.3, -0.25) is 14.9 Å². The van der Waals surface area contributed by atoms with Crippen molar-refractivity contribution in [2.75, 3.05) is 19.4 Å². The second-order valence-electron chi connectivity index (χ2n) is 5.24. The average Bonchev–Trinajstić information content (AvgIpc) is 2.36. The maximum atomic E-state index is 11.8. The third kappa shape index (κ3) is 4.94. The van der Waals surface area contributed by atoms with E-state index in [4.69, 9.17) is 4.74 Å². The van der Waals surface area contributed by atoms with Crippen molar-refractivity contribution in [1.29, 1.82) is 0 Å². The fourth-order valence-electron chi connectivity index (χ4n) is 1.81. The molecule has 1 aromatic carbocycles. The Hall–Kier alpha value is -2.31. The molecule has 0 aliphatic rings. The van der Waals surface area contributed by atoms with Gasteiger partial charge in [0.2, 0.25) is 5.91 Å². The van der Waals surface area contributed by atoms with E-state index in [-0.39, 0.29) is 17.7 Å². The number of likely N-dealkylation sites (N-methyl/N-ethyl adjacent to an activating group) is 1. The Morgan fingerprint density at radius 3 is 2.38 bits per heavy atom. The van der Waals surface area contributed by atoms with Gasteiger partial charge in [-0.1, -0.05) is 0 Å². The number of nitro benzene ring substituents is 1. The molecular formula is C14H21N3O4. The second kappa shape index (κ2) is 6.92.